The van der Waals surface area contributed by atoms with Crippen molar-refractivity contribution < 1.29 is 22.7 Å². The summed E-state index contributed by atoms with van der Waals surface area (Å²) in [6.07, 6.45) is 4.50. The third-order valence-corrected chi connectivity index (χ3v) is 5.64. The Morgan fingerprint density at radius 1 is 1.24 bits per heavy atom. The van der Waals surface area contributed by atoms with Crippen LogP contribution in [-0.2, 0) is 15.6 Å². The Balaban J connectivity index is 2.86. The molecule has 5 nitrogen and oxygen atoms in total. The van der Waals surface area contributed by atoms with E-state index in [2.05, 4.69) is 25.5 Å². The highest BCUT2D eigenvalue weighted by Crippen LogP contribution is 2.29. The number of sulfonamides is 1. The Morgan fingerprint density at radius 2 is 1.90 bits per heavy atom. The van der Waals surface area contributed by atoms with Gasteiger partial charge in [-0.15, -0.1) is 0 Å². The smallest absolute Gasteiger partial charge is 0.215 e. The summed E-state index contributed by atoms with van der Waals surface area (Å²) in [5, 5.41) is 11.0. The third kappa shape index (κ3) is 9.28. The first kappa shape index (κ1) is 25.6. The number of benzene rings is 1. The second kappa shape index (κ2) is 10.5. The normalized spacial score (nSPS) is 15.1. The zero-order valence-corrected chi connectivity index (χ0v) is 19.3. The average molecular weight is 430 g/mol. The Bertz CT molecular complexity index is 784. The number of aliphatic hydroxyl groups is 1. The second-order valence-electron chi connectivity index (χ2n) is 9.07. The lowest BCUT2D eigenvalue weighted by molar-refractivity contribution is 0.0376. The van der Waals surface area contributed by atoms with Gasteiger partial charge in [-0.05, 0) is 41.9 Å². The van der Waals surface area contributed by atoms with Crippen LogP contribution in [0.1, 0.15) is 59.9 Å². The van der Waals surface area contributed by atoms with Crippen molar-refractivity contribution in [3.05, 3.63) is 41.7 Å². The molecular formula is C22H36FNO4S. The molecule has 0 saturated carbocycles. The standard InChI is InChI=1S/C22H36FNO4S/c1-7-22(25,16-24-29(26,27)13-9-8-12-21(4,5)6)18-10-11-19(23)20(14-18)28-15-17(2)3/h8-11,14,17,24-25H,7,12-13,15-16H2,1-6H3. The molecule has 7 heteroatoms. The molecule has 0 spiro atoms. The maximum absolute atomic E-state index is 14.0. The fraction of sp³-hybridized carbons (Fsp3) is 0.636. The van der Waals surface area contributed by atoms with E-state index < -0.39 is 21.4 Å². The molecule has 0 aliphatic rings. The Labute approximate surface area is 175 Å². The summed E-state index contributed by atoms with van der Waals surface area (Å²) in [7, 11) is -3.59. The van der Waals surface area contributed by atoms with E-state index in [-0.39, 0.29) is 35.8 Å². The van der Waals surface area contributed by atoms with Gasteiger partial charge in [0.1, 0.15) is 5.60 Å². The minimum atomic E-state index is -3.59. The molecule has 0 bridgehead atoms. The molecule has 1 unspecified atom stereocenters. The highest BCUT2D eigenvalue weighted by Gasteiger charge is 2.30. The summed E-state index contributed by atoms with van der Waals surface area (Å²) in [4.78, 5) is 0. The summed E-state index contributed by atoms with van der Waals surface area (Å²) in [5.74, 6) is -0.399. The van der Waals surface area contributed by atoms with Crippen LogP contribution in [0.3, 0.4) is 0 Å². The highest BCUT2D eigenvalue weighted by molar-refractivity contribution is 7.89. The summed E-state index contributed by atoms with van der Waals surface area (Å²) < 4.78 is 46.5. The molecule has 1 rings (SSSR count). The zero-order chi connectivity index (χ0) is 22.3. The van der Waals surface area contributed by atoms with Crippen molar-refractivity contribution in [1.29, 1.82) is 0 Å². The largest absolute Gasteiger partial charge is 0.490 e. The van der Waals surface area contributed by atoms with Gasteiger partial charge >= 0.3 is 0 Å². The second-order valence-corrected chi connectivity index (χ2v) is 10.9. The molecule has 0 aromatic heterocycles. The van der Waals surface area contributed by atoms with Crippen LogP contribution in [0.4, 0.5) is 4.39 Å². The van der Waals surface area contributed by atoms with Gasteiger partial charge in [-0.25, -0.2) is 17.5 Å². The predicted octanol–water partition coefficient (Wildman–Crippen LogP) is 4.37. The monoisotopic (exact) mass is 429 g/mol. The van der Waals surface area contributed by atoms with Gasteiger partial charge in [0.05, 0.1) is 12.4 Å². The van der Waals surface area contributed by atoms with Crippen molar-refractivity contribution in [3.8, 4) is 5.75 Å². The lowest BCUT2D eigenvalue weighted by Gasteiger charge is -2.28. The first-order chi connectivity index (χ1) is 13.3. The number of rotatable bonds is 11. The fourth-order valence-electron chi connectivity index (χ4n) is 2.51. The van der Waals surface area contributed by atoms with Crippen molar-refractivity contribution >= 4 is 10.0 Å². The van der Waals surface area contributed by atoms with Crippen LogP contribution in [0, 0.1) is 17.2 Å². The predicted molar refractivity (Wildman–Crippen MR) is 116 cm³/mol. The van der Waals surface area contributed by atoms with Crippen LogP contribution in [0.15, 0.2) is 30.4 Å². The first-order valence-corrected chi connectivity index (χ1v) is 11.7. The molecule has 166 valence electrons. The Kier molecular flexibility index (Phi) is 9.31. The van der Waals surface area contributed by atoms with Crippen molar-refractivity contribution in [1.82, 2.24) is 4.72 Å². The van der Waals surface area contributed by atoms with Crippen LogP contribution in [0.2, 0.25) is 0 Å². The van der Waals surface area contributed by atoms with E-state index in [0.717, 1.165) is 6.42 Å². The summed E-state index contributed by atoms with van der Waals surface area (Å²) in [6.45, 7) is 12.0. The lowest BCUT2D eigenvalue weighted by atomic mass is 9.91. The average Bonchev–Trinajstić information content (AvgIpc) is 2.62. The zero-order valence-electron chi connectivity index (χ0n) is 18.5. The van der Waals surface area contributed by atoms with Gasteiger partial charge in [-0.1, -0.05) is 59.8 Å². The number of nitrogens with one attached hydrogen (secondary N) is 1. The van der Waals surface area contributed by atoms with E-state index in [0.29, 0.717) is 12.2 Å². The maximum Gasteiger partial charge on any atom is 0.215 e. The molecule has 0 radical (unpaired) electrons. The van der Waals surface area contributed by atoms with Gasteiger partial charge in [-0.2, -0.15) is 0 Å². The number of hydrogen-bond acceptors (Lipinski definition) is 4. The summed E-state index contributed by atoms with van der Waals surface area (Å²) >= 11 is 0. The minimum Gasteiger partial charge on any atom is -0.490 e. The molecule has 2 N–H and O–H groups in total. The molecular weight excluding hydrogens is 393 g/mol. The van der Waals surface area contributed by atoms with E-state index in [1.165, 1.54) is 18.2 Å². The molecule has 0 heterocycles. The molecule has 0 fully saturated rings. The molecule has 1 aromatic carbocycles. The third-order valence-electron chi connectivity index (χ3n) is 4.42. The molecule has 1 atom stereocenters. The van der Waals surface area contributed by atoms with Gasteiger partial charge in [0, 0.05) is 6.54 Å². The maximum atomic E-state index is 14.0. The Morgan fingerprint density at radius 3 is 2.45 bits per heavy atom. The number of ether oxygens (including phenoxy) is 1. The van der Waals surface area contributed by atoms with E-state index in [1.807, 2.05) is 19.9 Å². The SMILES string of the molecule is CCC(O)(CNS(=O)(=O)CC=CCC(C)(C)C)c1ccc(F)c(OCC(C)C)c1. The Hall–Kier alpha value is -1.44. The van der Waals surface area contributed by atoms with Crippen molar-refractivity contribution in [2.24, 2.45) is 11.3 Å². The number of allylic oxidation sites excluding steroid dienone is 1. The summed E-state index contributed by atoms with van der Waals surface area (Å²) in [6, 6.07) is 4.13. The summed E-state index contributed by atoms with van der Waals surface area (Å²) in [5.41, 5.74) is -0.967. The number of hydrogen-bond donors (Lipinski definition) is 2. The van der Waals surface area contributed by atoms with E-state index in [9.17, 15) is 17.9 Å². The molecule has 1 aromatic rings. The topological polar surface area (TPSA) is 75.6 Å². The quantitative estimate of drug-likeness (QED) is 0.512. The van der Waals surface area contributed by atoms with Gasteiger partial charge in [0.15, 0.2) is 11.6 Å². The van der Waals surface area contributed by atoms with Gasteiger partial charge in [0.25, 0.3) is 0 Å². The van der Waals surface area contributed by atoms with Crippen molar-refractivity contribution in [3.63, 3.8) is 0 Å². The van der Waals surface area contributed by atoms with E-state index in [1.54, 1.807) is 13.0 Å². The lowest BCUT2D eigenvalue weighted by Crippen LogP contribution is -2.41. The van der Waals surface area contributed by atoms with Crippen molar-refractivity contribution in [2.45, 2.75) is 60.0 Å². The number of halogens is 1. The van der Waals surface area contributed by atoms with Crippen LogP contribution >= 0.6 is 0 Å². The van der Waals surface area contributed by atoms with Crippen molar-refractivity contribution in [2.75, 3.05) is 18.9 Å². The van der Waals surface area contributed by atoms with Gasteiger partial charge < -0.3 is 9.84 Å². The molecule has 29 heavy (non-hydrogen) atoms. The molecule has 0 aliphatic carbocycles. The van der Waals surface area contributed by atoms with Crippen LogP contribution < -0.4 is 9.46 Å². The van der Waals surface area contributed by atoms with Crippen LogP contribution in [0.5, 0.6) is 5.75 Å². The van der Waals surface area contributed by atoms with Gasteiger partial charge in [0.2, 0.25) is 10.0 Å². The molecule has 0 saturated heterocycles. The van der Waals surface area contributed by atoms with E-state index >= 15 is 0 Å². The molecule has 0 aliphatic heterocycles. The van der Waals surface area contributed by atoms with Crippen LogP contribution in [0.25, 0.3) is 0 Å². The van der Waals surface area contributed by atoms with Gasteiger partial charge in [-0.3, -0.25) is 0 Å². The minimum absolute atomic E-state index is 0.0519. The highest BCUT2D eigenvalue weighted by atomic mass is 32.2. The van der Waals surface area contributed by atoms with E-state index in [4.69, 9.17) is 4.74 Å². The van der Waals surface area contributed by atoms with Crippen LogP contribution in [-0.4, -0.2) is 32.4 Å². The molecule has 0 amide bonds. The first-order valence-electron chi connectivity index (χ1n) is 10.1. The fourth-order valence-corrected chi connectivity index (χ4v) is 3.48.